The summed E-state index contributed by atoms with van der Waals surface area (Å²) in [7, 11) is 1.45. The maximum atomic E-state index is 12.1. The largest absolute Gasteiger partial charge is 0.350 e. The van der Waals surface area contributed by atoms with Crippen molar-refractivity contribution in [1.29, 1.82) is 0 Å². The Balaban J connectivity index is 2.81. The highest BCUT2D eigenvalue weighted by atomic mass is 79.9. The highest BCUT2D eigenvalue weighted by molar-refractivity contribution is 9.10. The van der Waals surface area contributed by atoms with E-state index in [-0.39, 0.29) is 22.4 Å². The molecular formula is C14H19BrClNO3S. The lowest BCUT2D eigenvalue weighted by molar-refractivity contribution is 0.0937. The van der Waals surface area contributed by atoms with E-state index in [1.54, 1.807) is 6.07 Å². The maximum Gasteiger partial charge on any atom is 0.261 e. The van der Waals surface area contributed by atoms with Gasteiger partial charge in [0.2, 0.25) is 0 Å². The number of nitrogens with one attached hydrogen (secondary N) is 1. The van der Waals surface area contributed by atoms with Crippen LogP contribution in [0.1, 0.15) is 49.9 Å². The molecule has 1 atom stereocenters. The molecule has 1 aromatic rings. The molecule has 4 nitrogen and oxygen atoms in total. The van der Waals surface area contributed by atoms with E-state index >= 15 is 0 Å². The molecule has 1 rings (SSSR count). The molecule has 0 aromatic heterocycles. The van der Waals surface area contributed by atoms with Gasteiger partial charge in [0.25, 0.3) is 15.0 Å². The van der Waals surface area contributed by atoms with Gasteiger partial charge in [-0.15, -0.1) is 0 Å². The Morgan fingerprint density at radius 3 is 2.57 bits per heavy atom. The van der Waals surface area contributed by atoms with Crippen LogP contribution in [0.2, 0.25) is 0 Å². The smallest absolute Gasteiger partial charge is 0.261 e. The summed E-state index contributed by atoms with van der Waals surface area (Å²) in [4.78, 5) is 12.1. The van der Waals surface area contributed by atoms with Gasteiger partial charge in [-0.05, 0) is 31.5 Å². The molecule has 0 aliphatic carbocycles. The lowest BCUT2D eigenvalue weighted by Crippen LogP contribution is -2.32. The van der Waals surface area contributed by atoms with Crippen LogP contribution in [0.4, 0.5) is 0 Å². The normalized spacial score (nSPS) is 13.0. The molecule has 0 fully saturated rings. The first-order valence-electron chi connectivity index (χ1n) is 6.80. The quantitative estimate of drug-likeness (QED) is 0.558. The zero-order chi connectivity index (χ0) is 16.0. The molecule has 0 spiro atoms. The predicted molar refractivity (Wildman–Crippen MR) is 88.3 cm³/mol. The number of hydrogen-bond donors (Lipinski definition) is 1. The fraction of sp³-hybridized carbons (Fsp3) is 0.500. The molecule has 1 amide bonds. The summed E-state index contributed by atoms with van der Waals surface area (Å²) in [6.45, 7) is 4.06. The molecular weight excluding hydrogens is 378 g/mol. The number of hydrogen-bond acceptors (Lipinski definition) is 3. The number of carbonyl (C=O) groups is 1. The van der Waals surface area contributed by atoms with E-state index < -0.39 is 9.05 Å². The molecule has 0 aliphatic rings. The lowest BCUT2D eigenvalue weighted by atomic mass is 10.1. The second-order valence-electron chi connectivity index (χ2n) is 4.98. The Morgan fingerprint density at radius 2 is 2.00 bits per heavy atom. The first-order valence-corrected chi connectivity index (χ1v) is 9.90. The second kappa shape index (κ2) is 8.15. The van der Waals surface area contributed by atoms with Gasteiger partial charge in [-0.3, -0.25) is 4.79 Å². The molecule has 118 valence electrons. The lowest BCUT2D eigenvalue weighted by Gasteiger charge is -2.14. The third kappa shape index (κ3) is 6.36. The fourth-order valence-electron chi connectivity index (χ4n) is 1.91. The zero-order valence-corrected chi connectivity index (χ0v) is 15.2. The highest BCUT2D eigenvalue weighted by Gasteiger charge is 2.16. The summed E-state index contributed by atoms with van der Waals surface area (Å²) in [6.07, 6.45) is 4.21. The summed E-state index contributed by atoms with van der Waals surface area (Å²) in [6, 6.07) is 4.25. The molecule has 7 heteroatoms. The average molecular weight is 397 g/mol. The number of amides is 1. The molecule has 21 heavy (non-hydrogen) atoms. The standard InChI is InChI=1S/C14H19BrClNO3S/c1-3-4-5-6-10(2)17-14(18)11-7-12(15)9-13(8-11)21(16,19)20/h7-10H,3-6H2,1-2H3,(H,17,18). The summed E-state index contributed by atoms with van der Waals surface area (Å²) in [5.74, 6) is -0.304. The minimum Gasteiger partial charge on any atom is -0.350 e. The van der Waals surface area contributed by atoms with Gasteiger partial charge in [0.15, 0.2) is 0 Å². The van der Waals surface area contributed by atoms with Crippen LogP contribution in [0.25, 0.3) is 0 Å². The minimum absolute atomic E-state index is 0.0408. The minimum atomic E-state index is -3.87. The van der Waals surface area contributed by atoms with Gasteiger partial charge in [-0.25, -0.2) is 8.42 Å². The number of benzene rings is 1. The van der Waals surface area contributed by atoms with E-state index in [0.717, 1.165) is 25.7 Å². The van der Waals surface area contributed by atoms with E-state index in [9.17, 15) is 13.2 Å². The van der Waals surface area contributed by atoms with Crippen molar-refractivity contribution in [1.82, 2.24) is 5.32 Å². The van der Waals surface area contributed by atoms with Gasteiger partial charge in [0.05, 0.1) is 4.90 Å². The second-order valence-corrected chi connectivity index (χ2v) is 8.47. The van der Waals surface area contributed by atoms with Crippen molar-refractivity contribution in [2.45, 2.75) is 50.5 Å². The molecule has 0 heterocycles. The Bertz CT molecular complexity index is 604. The van der Waals surface area contributed by atoms with Gasteiger partial charge < -0.3 is 5.32 Å². The summed E-state index contributed by atoms with van der Waals surface area (Å²) in [5.41, 5.74) is 0.269. The van der Waals surface area contributed by atoms with Crippen LogP contribution >= 0.6 is 26.6 Å². The van der Waals surface area contributed by atoms with Crippen LogP contribution in [0, 0.1) is 0 Å². The van der Waals surface area contributed by atoms with Gasteiger partial charge in [-0.1, -0.05) is 42.1 Å². The van der Waals surface area contributed by atoms with Crippen molar-refractivity contribution < 1.29 is 13.2 Å². The van der Waals surface area contributed by atoms with E-state index in [1.807, 2.05) is 6.92 Å². The number of unbranched alkanes of at least 4 members (excludes halogenated alkanes) is 2. The van der Waals surface area contributed by atoms with Crippen LogP contribution in [0.15, 0.2) is 27.6 Å². The van der Waals surface area contributed by atoms with Gasteiger partial charge in [0.1, 0.15) is 0 Å². The molecule has 0 bridgehead atoms. The Kier molecular flexibility index (Phi) is 7.16. The van der Waals surface area contributed by atoms with Gasteiger partial charge >= 0.3 is 0 Å². The van der Waals surface area contributed by atoms with Crippen LogP contribution < -0.4 is 5.32 Å². The topological polar surface area (TPSA) is 63.2 Å². The summed E-state index contributed by atoms with van der Waals surface area (Å²) < 4.78 is 23.2. The number of carbonyl (C=O) groups excluding carboxylic acids is 1. The van der Waals surface area contributed by atoms with E-state index in [1.165, 1.54) is 12.1 Å². The monoisotopic (exact) mass is 395 g/mol. The van der Waals surface area contributed by atoms with E-state index in [2.05, 4.69) is 28.2 Å². The Morgan fingerprint density at radius 1 is 1.33 bits per heavy atom. The van der Waals surface area contributed by atoms with Crippen molar-refractivity contribution in [3.8, 4) is 0 Å². The van der Waals surface area contributed by atoms with Crippen LogP contribution in [0.5, 0.6) is 0 Å². The molecule has 1 aromatic carbocycles. The number of halogens is 2. The molecule has 0 radical (unpaired) electrons. The Labute approximate surface area is 138 Å². The van der Waals surface area contributed by atoms with E-state index in [4.69, 9.17) is 10.7 Å². The van der Waals surface area contributed by atoms with Crippen molar-refractivity contribution >= 4 is 41.6 Å². The fourth-order valence-corrected chi connectivity index (χ4v) is 3.36. The third-order valence-corrected chi connectivity index (χ3v) is 4.82. The van der Waals surface area contributed by atoms with Crippen molar-refractivity contribution in [3.05, 3.63) is 28.2 Å². The van der Waals surface area contributed by atoms with Crippen LogP contribution in [-0.4, -0.2) is 20.4 Å². The van der Waals surface area contributed by atoms with Gasteiger partial charge in [0, 0.05) is 26.8 Å². The van der Waals surface area contributed by atoms with Crippen molar-refractivity contribution in [2.24, 2.45) is 0 Å². The highest BCUT2D eigenvalue weighted by Crippen LogP contribution is 2.22. The maximum absolute atomic E-state index is 12.1. The summed E-state index contributed by atoms with van der Waals surface area (Å²) >= 11 is 3.19. The molecule has 0 saturated heterocycles. The predicted octanol–water partition coefficient (Wildman–Crippen LogP) is 4.08. The first-order chi connectivity index (χ1) is 9.74. The van der Waals surface area contributed by atoms with E-state index in [0.29, 0.717) is 4.47 Å². The number of rotatable bonds is 7. The molecule has 1 unspecified atom stereocenters. The zero-order valence-electron chi connectivity index (χ0n) is 12.0. The Hall–Kier alpha value is -0.590. The third-order valence-electron chi connectivity index (χ3n) is 3.03. The van der Waals surface area contributed by atoms with Crippen molar-refractivity contribution in [3.63, 3.8) is 0 Å². The van der Waals surface area contributed by atoms with Crippen LogP contribution in [0.3, 0.4) is 0 Å². The van der Waals surface area contributed by atoms with Crippen molar-refractivity contribution in [2.75, 3.05) is 0 Å². The summed E-state index contributed by atoms with van der Waals surface area (Å²) in [5, 5.41) is 2.86. The average Bonchev–Trinajstić information content (AvgIpc) is 2.37. The first kappa shape index (κ1) is 18.5. The SMILES string of the molecule is CCCCCC(C)NC(=O)c1cc(Br)cc(S(=O)(=O)Cl)c1. The molecule has 0 saturated carbocycles. The van der Waals surface area contributed by atoms with Crippen LogP contribution in [-0.2, 0) is 9.05 Å². The van der Waals surface area contributed by atoms with Gasteiger partial charge in [-0.2, -0.15) is 0 Å². The molecule has 1 N–H and O–H groups in total. The molecule has 0 aliphatic heterocycles.